The van der Waals surface area contributed by atoms with Crippen LogP contribution in [0.1, 0.15) is 46.5 Å². The van der Waals surface area contributed by atoms with E-state index in [-0.39, 0.29) is 5.60 Å². The Bertz CT molecular complexity index is 145. The topological polar surface area (TPSA) is 12.5 Å². The van der Waals surface area contributed by atoms with Crippen LogP contribution in [0.2, 0.25) is 0 Å². The minimum atomic E-state index is 0.0297. The number of likely N-dealkylation sites (tertiary alicyclic amines) is 1. The van der Waals surface area contributed by atoms with Gasteiger partial charge in [-0.05, 0) is 53.1 Å². The fourth-order valence-corrected chi connectivity index (χ4v) is 1.85. The molecule has 1 aliphatic rings. The van der Waals surface area contributed by atoms with Crippen LogP contribution in [0.25, 0.3) is 0 Å². The molecule has 1 saturated heterocycles. The Morgan fingerprint density at radius 1 is 1.07 bits per heavy atom. The molecular formula is C12H25NO. The second-order valence-electron chi connectivity index (χ2n) is 5.22. The van der Waals surface area contributed by atoms with E-state index in [9.17, 15) is 0 Å². The van der Waals surface area contributed by atoms with E-state index in [0.717, 1.165) is 6.61 Å². The molecule has 0 aliphatic carbocycles. The third-order valence-electron chi connectivity index (χ3n) is 2.60. The van der Waals surface area contributed by atoms with E-state index in [0.29, 0.717) is 0 Å². The molecule has 0 N–H and O–H groups in total. The normalized spacial score (nSPS) is 19.9. The van der Waals surface area contributed by atoms with Crippen LogP contribution in [-0.2, 0) is 4.74 Å². The minimum absolute atomic E-state index is 0.0297. The summed E-state index contributed by atoms with van der Waals surface area (Å²) in [7, 11) is 0. The lowest BCUT2D eigenvalue weighted by molar-refractivity contribution is -0.00737. The lowest BCUT2D eigenvalue weighted by Crippen LogP contribution is -2.31. The Kier molecular flexibility index (Phi) is 4.90. The summed E-state index contributed by atoms with van der Waals surface area (Å²) in [6, 6.07) is 0. The molecule has 0 saturated carbocycles. The van der Waals surface area contributed by atoms with Gasteiger partial charge in [-0.1, -0.05) is 6.42 Å². The van der Waals surface area contributed by atoms with Gasteiger partial charge in [0.05, 0.1) is 5.60 Å². The fraction of sp³-hybridized carbons (Fsp3) is 1.00. The van der Waals surface area contributed by atoms with E-state index in [1.54, 1.807) is 0 Å². The lowest BCUT2D eigenvalue weighted by atomic mass is 10.1. The maximum Gasteiger partial charge on any atom is 0.0598 e. The van der Waals surface area contributed by atoms with Crippen LogP contribution >= 0.6 is 0 Å². The molecular weight excluding hydrogens is 174 g/mol. The molecule has 1 aliphatic heterocycles. The van der Waals surface area contributed by atoms with Gasteiger partial charge in [0.2, 0.25) is 0 Å². The van der Waals surface area contributed by atoms with Gasteiger partial charge in [-0.2, -0.15) is 0 Å². The van der Waals surface area contributed by atoms with Crippen molar-refractivity contribution in [3.8, 4) is 0 Å². The highest BCUT2D eigenvalue weighted by atomic mass is 16.5. The Morgan fingerprint density at radius 2 is 1.71 bits per heavy atom. The average Bonchev–Trinajstić information content (AvgIpc) is 2.13. The second kappa shape index (κ2) is 5.72. The fourth-order valence-electron chi connectivity index (χ4n) is 1.85. The summed E-state index contributed by atoms with van der Waals surface area (Å²) in [5.41, 5.74) is 0.0297. The molecule has 0 amide bonds. The van der Waals surface area contributed by atoms with Gasteiger partial charge in [-0.25, -0.2) is 0 Å². The predicted molar refractivity (Wildman–Crippen MR) is 60.6 cm³/mol. The van der Waals surface area contributed by atoms with Gasteiger partial charge in [0.25, 0.3) is 0 Å². The molecule has 1 fully saturated rings. The first-order valence-corrected chi connectivity index (χ1v) is 5.94. The van der Waals surface area contributed by atoms with E-state index >= 15 is 0 Å². The van der Waals surface area contributed by atoms with Gasteiger partial charge in [0.1, 0.15) is 0 Å². The number of hydrogen-bond acceptors (Lipinski definition) is 2. The Balaban J connectivity index is 1.97. The van der Waals surface area contributed by atoms with Crippen molar-refractivity contribution in [3.05, 3.63) is 0 Å². The van der Waals surface area contributed by atoms with Gasteiger partial charge in [-0.3, -0.25) is 0 Å². The van der Waals surface area contributed by atoms with Crippen LogP contribution in [0.3, 0.4) is 0 Å². The largest absolute Gasteiger partial charge is 0.376 e. The summed E-state index contributed by atoms with van der Waals surface area (Å²) < 4.78 is 5.69. The Hall–Kier alpha value is -0.0800. The summed E-state index contributed by atoms with van der Waals surface area (Å²) >= 11 is 0. The second-order valence-corrected chi connectivity index (χ2v) is 5.22. The van der Waals surface area contributed by atoms with Gasteiger partial charge < -0.3 is 9.64 Å². The first-order valence-electron chi connectivity index (χ1n) is 5.94. The van der Waals surface area contributed by atoms with E-state index in [4.69, 9.17) is 4.74 Å². The van der Waals surface area contributed by atoms with Gasteiger partial charge >= 0.3 is 0 Å². The van der Waals surface area contributed by atoms with Crippen molar-refractivity contribution in [1.29, 1.82) is 0 Å². The van der Waals surface area contributed by atoms with Crippen molar-refractivity contribution in [1.82, 2.24) is 4.90 Å². The highest BCUT2D eigenvalue weighted by Crippen LogP contribution is 2.10. The quantitative estimate of drug-likeness (QED) is 0.645. The highest BCUT2D eigenvalue weighted by Gasteiger charge is 2.11. The molecule has 0 spiro atoms. The number of piperidine rings is 1. The van der Waals surface area contributed by atoms with Crippen LogP contribution in [0.15, 0.2) is 0 Å². The molecule has 0 aromatic rings. The van der Waals surface area contributed by atoms with E-state index in [1.165, 1.54) is 45.3 Å². The summed E-state index contributed by atoms with van der Waals surface area (Å²) in [6.07, 6.45) is 5.38. The van der Waals surface area contributed by atoms with Gasteiger partial charge in [-0.15, -0.1) is 0 Å². The maximum atomic E-state index is 5.69. The molecule has 1 rings (SSSR count). The summed E-state index contributed by atoms with van der Waals surface area (Å²) in [6.45, 7) is 11.1. The number of nitrogens with zero attached hydrogens (tertiary/aromatic N) is 1. The maximum absolute atomic E-state index is 5.69. The number of ether oxygens (including phenoxy) is 1. The number of hydrogen-bond donors (Lipinski definition) is 0. The Labute approximate surface area is 88.6 Å². The van der Waals surface area contributed by atoms with Crippen LogP contribution in [0.5, 0.6) is 0 Å². The Morgan fingerprint density at radius 3 is 2.29 bits per heavy atom. The van der Waals surface area contributed by atoms with Crippen molar-refractivity contribution in [2.24, 2.45) is 0 Å². The van der Waals surface area contributed by atoms with Crippen molar-refractivity contribution >= 4 is 0 Å². The zero-order valence-electron chi connectivity index (χ0n) is 10.0. The van der Waals surface area contributed by atoms with E-state index in [1.807, 2.05) is 0 Å². The minimum Gasteiger partial charge on any atom is -0.376 e. The van der Waals surface area contributed by atoms with Crippen LogP contribution < -0.4 is 0 Å². The van der Waals surface area contributed by atoms with Crippen molar-refractivity contribution in [2.45, 2.75) is 52.1 Å². The lowest BCUT2D eigenvalue weighted by Gasteiger charge is -2.27. The summed E-state index contributed by atoms with van der Waals surface area (Å²) in [5.74, 6) is 0. The molecule has 14 heavy (non-hydrogen) atoms. The summed E-state index contributed by atoms with van der Waals surface area (Å²) in [5, 5.41) is 0. The molecule has 0 unspecified atom stereocenters. The molecule has 0 aromatic carbocycles. The van der Waals surface area contributed by atoms with Gasteiger partial charge in [0, 0.05) is 13.2 Å². The van der Waals surface area contributed by atoms with Crippen LogP contribution in [0.4, 0.5) is 0 Å². The third-order valence-corrected chi connectivity index (χ3v) is 2.60. The van der Waals surface area contributed by atoms with Crippen LogP contribution in [0, 0.1) is 0 Å². The third kappa shape index (κ3) is 5.61. The zero-order valence-corrected chi connectivity index (χ0v) is 10.0. The van der Waals surface area contributed by atoms with Crippen molar-refractivity contribution < 1.29 is 4.74 Å². The van der Waals surface area contributed by atoms with E-state index in [2.05, 4.69) is 25.7 Å². The van der Waals surface area contributed by atoms with Crippen LogP contribution in [-0.4, -0.2) is 36.7 Å². The standard InChI is InChI=1S/C12H25NO/c1-12(2,3)14-11-7-10-13-8-5-4-6-9-13/h4-11H2,1-3H3. The number of rotatable bonds is 4. The molecule has 0 atom stereocenters. The molecule has 2 nitrogen and oxygen atoms in total. The first-order chi connectivity index (χ1) is 6.58. The smallest absolute Gasteiger partial charge is 0.0598 e. The van der Waals surface area contributed by atoms with E-state index < -0.39 is 0 Å². The zero-order chi connectivity index (χ0) is 10.4. The average molecular weight is 199 g/mol. The summed E-state index contributed by atoms with van der Waals surface area (Å²) in [4.78, 5) is 2.56. The molecule has 84 valence electrons. The molecule has 0 aromatic heterocycles. The van der Waals surface area contributed by atoms with Crippen molar-refractivity contribution in [2.75, 3.05) is 26.2 Å². The highest BCUT2D eigenvalue weighted by molar-refractivity contribution is 4.65. The van der Waals surface area contributed by atoms with Crippen molar-refractivity contribution in [3.63, 3.8) is 0 Å². The molecule has 0 radical (unpaired) electrons. The first kappa shape index (κ1) is 12.0. The van der Waals surface area contributed by atoms with Gasteiger partial charge in [0.15, 0.2) is 0 Å². The predicted octanol–water partition coefficient (Wildman–Crippen LogP) is 2.68. The molecule has 1 heterocycles. The molecule has 0 bridgehead atoms. The SMILES string of the molecule is CC(C)(C)OCCCN1CCCCC1. The monoisotopic (exact) mass is 199 g/mol. The molecule has 2 heteroatoms.